The van der Waals surface area contributed by atoms with Gasteiger partial charge in [-0.15, -0.1) is 0 Å². The maximum atomic E-state index is 10.6. The first-order chi connectivity index (χ1) is 12.6. The van der Waals surface area contributed by atoms with Gasteiger partial charge in [0.2, 0.25) is 0 Å². The van der Waals surface area contributed by atoms with E-state index in [-0.39, 0.29) is 6.04 Å². The summed E-state index contributed by atoms with van der Waals surface area (Å²) in [4.78, 5) is 0. The molecule has 26 heavy (non-hydrogen) atoms. The zero-order valence-corrected chi connectivity index (χ0v) is 15.3. The summed E-state index contributed by atoms with van der Waals surface area (Å²) >= 11 is 0. The molecule has 7 heteroatoms. The van der Waals surface area contributed by atoms with Gasteiger partial charge < -0.3 is 35.8 Å². The number of rotatable bonds is 3. The van der Waals surface area contributed by atoms with Crippen LogP contribution < -0.4 is 10.6 Å². The monoisotopic (exact) mass is 370 g/mol. The van der Waals surface area contributed by atoms with Crippen molar-refractivity contribution >= 4 is 0 Å². The van der Waals surface area contributed by atoms with E-state index >= 15 is 0 Å². The van der Waals surface area contributed by atoms with Crippen molar-refractivity contribution < 1.29 is 25.2 Å². The van der Waals surface area contributed by atoms with Crippen LogP contribution in [0.25, 0.3) is 0 Å². The zero-order valence-electron chi connectivity index (χ0n) is 15.3. The molecule has 2 saturated heterocycles. The Kier molecular flexibility index (Phi) is 5.86. The lowest BCUT2D eigenvalue weighted by atomic mass is 9.65. The van der Waals surface area contributed by atoms with Gasteiger partial charge in [0.25, 0.3) is 0 Å². The van der Waals surface area contributed by atoms with Crippen LogP contribution in [0, 0.1) is 11.8 Å². The van der Waals surface area contributed by atoms with E-state index < -0.39 is 37.3 Å². The molecule has 2 saturated carbocycles. The quantitative estimate of drug-likeness (QED) is 0.396. The van der Waals surface area contributed by atoms with Crippen molar-refractivity contribution in [3.63, 3.8) is 0 Å². The predicted molar refractivity (Wildman–Crippen MR) is 95.3 cm³/mol. The SMILES string of the molecule is OC[C@@H]1O[C@H](O)[C@H](NC2C3CCCCC3NC3CCCCC32)[C@@H](O)[C@@H]1O. The molecule has 0 spiro atoms. The number of hydrogen-bond acceptors (Lipinski definition) is 7. The molecule has 0 aromatic carbocycles. The van der Waals surface area contributed by atoms with Crippen molar-refractivity contribution in [3.05, 3.63) is 0 Å². The average molecular weight is 370 g/mol. The molecule has 9 atom stereocenters. The third-order valence-corrected chi connectivity index (χ3v) is 7.27. The maximum absolute atomic E-state index is 10.6. The van der Waals surface area contributed by atoms with Crippen molar-refractivity contribution in [2.75, 3.05) is 6.61 Å². The van der Waals surface area contributed by atoms with E-state index in [0.717, 1.165) is 12.8 Å². The molecule has 0 aromatic heterocycles. The summed E-state index contributed by atoms with van der Waals surface area (Å²) in [6.07, 6.45) is 5.10. The number of piperidine rings is 1. The van der Waals surface area contributed by atoms with Gasteiger partial charge in [-0.25, -0.2) is 0 Å². The van der Waals surface area contributed by atoms with E-state index in [1.54, 1.807) is 0 Å². The molecule has 7 nitrogen and oxygen atoms in total. The first kappa shape index (κ1) is 19.1. The molecule has 4 aliphatic rings. The average Bonchev–Trinajstić information content (AvgIpc) is 2.67. The van der Waals surface area contributed by atoms with Crippen molar-refractivity contribution in [1.29, 1.82) is 0 Å². The van der Waals surface area contributed by atoms with Gasteiger partial charge in [-0.05, 0) is 37.5 Å². The van der Waals surface area contributed by atoms with Crippen molar-refractivity contribution in [2.45, 2.75) is 100 Å². The van der Waals surface area contributed by atoms with E-state index in [1.165, 1.54) is 38.5 Å². The summed E-state index contributed by atoms with van der Waals surface area (Å²) in [6.45, 7) is -0.426. The summed E-state index contributed by atoms with van der Waals surface area (Å²) in [7, 11) is 0. The first-order valence-electron chi connectivity index (χ1n) is 10.4. The smallest absolute Gasteiger partial charge is 0.173 e. The lowest BCUT2D eigenvalue weighted by Gasteiger charge is -2.54. The third kappa shape index (κ3) is 3.43. The highest BCUT2D eigenvalue weighted by atomic mass is 16.6. The second kappa shape index (κ2) is 7.99. The van der Waals surface area contributed by atoms with Gasteiger partial charge in [-0.2, -0.15) is 0 Å². The molecule has 0 aromatic rings. The number of fused-ring (bicyclic) bond motifs is 2. The van der Waals surface area contributed by atoms with Crippen LogP contribution in [-0.2, 0) is 4.74 Å². The molecular formula is C19H34N2O5. The highest BCUT2D eigenvalue weighted by molar-refractivity contribution is 5.05. The fourth-order valence-electron chi connectivity index (χ4n) is 5.93. The highest BCUT2D eigenvalue weighted by Crippen LogP contribution is 2.41. The Morgan fingerprint density at radius 2 is 1.38 bits per heavy atom. The second-order valence-electron chi connectivity index (χ2n) is 8.72. The van der Waals surface area contributed by atoms with Crippen LogP contribution in [0.5, 0.6) is 0 Å². The third-order valence-electron chi connectivity index (χ3n) is 7.27. The van der Waals surface area contributed by atoms with Crippen LogP contribution >= 0.6 is 0 Å². The van der Waals surface area contributed by atoms with E-state index in [2.05, 4.69) is 10.6 Å². The minimum Gasteiger partial charge on any atom is -0.394 e. The van der Waals surface area contributed by atoms with Crippen LogP contribution in [0.3, 0.4) is 0 Å². The van der Waals surface area contributed by atoms with Gasteiger partial charge in [-0.3, -0.25) is 0 Å². The Bertz CT molecular complexity index is 459. The van der Waals surface area contributed by atoms with Crippen LogP contribution in [0.4, 0.5) is 0 Å². The number of aliphatic hydroxyl groups is 4. The topological polar surface area (TPSA) is 114 Å². The predicted octanol–water partition coefficient (Wildman–Crippen LogP) is -0.535. The fourth-order valence-corrected chi connectivity index (χ4v) is 5.93. The molecule has 4 rings (SSSR count). The van der Waals surface area contributed by atoms with Crippen LogP contribution in [-0.4, -0.2) is 75.8 Å². The Labute approximate surface area is 155 Å². The Balaban J connectivity index is 1.53. The number of aliphatic hydroxyl groups excluding tert-OH is 4. The van der Waals surface area contributed by atoms with Crippen LogP contribution in [0.1, 0.15) is 51.4 Å². The molecule has 2 aliphatic carbocycles. The molecule has 0 bridgehead atoms. The molecule has 150 valence electrons. The lowest BCUT2D eigenvalue weighted by Crippen LogP contribution is -2.70. The first-order valence-corrected chi connectivity index (χ1v) is 10.4. The van der Waals surface area contributed by atoms with Crippen molar-refractivity contribution in [1.82, 2.24) is 10.6 Å². The molecule has 4 fully saturated rings. The van der Waals surface area contributed by atoms with Gasteiger partial charge in [0, 0.05) is 18.1 Å². The van der Waals surface area contributed by atoms with Crippen LogP contribution in [0.2, 0.25) is 0 Å². The molecular weight excluding hydrogens is 336 g/mol. The van der Waals surface area contributed by atoms with Gasteiger partial charge in [0.15, 0.2) is 6.29 Å². The standard InChI is InChI=1S/C19H34N2O5/c22-9-14-17(23)18(24)16(19(25)26-14)21-15-10-5-1-3-7-12(10)20-13-8-4-2-6-11(13)15/h10-25H,1-9H2/t10?,11?,12?,13?,14-,15?,16+,17+,18+,19-/m0/s1. The second-order valence-corrected chi connectivity index (χ2v) is 8.72. The van der Waals surface area contributed by atoms with Crippen molar-refractivity contribution in [2.24, 2.45) is 11.8 Å². The molecule has 2 heterocycles. The highest BCUT2D eigenvalue weighted by Gasteiger charge is 2.50. The Morgan fingerprint density at radius 1 is 0.808 bits per heavy atom. The van der Waals surface area contributed by atoms with Crippen molar-refractivity contribution in [3.8, 4) is 0 Å². The summed E-state index contributed by atoms with van der Waals surface area (Å²) in [5, 5.41) is 47.9. The summed E-state index contributed by atoms with van der Waals surface area (Å²) in [5.74, 6) is 0.963. The summed E-state index contributed by atoms with van der Waals surface area (Å²) in [6, 6.07) is 0.465. The largest absolute Gasteiger partial charge is 0.394 e. The zero-order chi connectivity index (χ0) is 18.3. The summed E-state index contributed by atoms with van der Waals surface area (Å²) in [5.41, 5.74) is 0. The molecule has 6 N–H and O–H groups in total. The van der Waals surface area contributed by atoms with E-state index in [9.17, 15) is 20.4 Å². The van der Waals surface area contributed by atoms with Gasteiger partial charge >= 0.3 is 0 Å². The van der Waals surface area contributed by atoms with Gasteiger partial charge in [0.05, 0.1) is 12.6 Å². The van der Waals surface area contributed by atoms with E-state index in [1.807, 2.05) is 0 Å². The number of ether oxygens (including phenoxy) is 1. The molecule has 0 radical (unpaired) electrons. The fraction of sp³-hybridized carbons (Fsp3) is 1.00. The Morgan fingerprint density at radius 3 is 1.96 bits per heavy atom. The molecule has 4 unspecified atom stereocenters. The lowest BCUT2D eigenvalue weighted by molar-refractivity contribution is -0.257. The molecule has 0 amide bonds. The minimum absolute atomic E-state index is 0.211. The Hall–Kier alpha value is -0.280. The van der Waals surface area contributed by atoms with Gasteiger partial charge in [0.1, 0.15) is 18.3 Å². The maximum Gasteiger partial charge on any atom is 0.173 e. The number of nitrogens with one attached hydrogen (secondary N) is 2. The van der Waals surface area contributed by atoms with Gasteiger partial charge in [-0.1, -0.05) is 25.7 Å². The van der Waals surface area contributed by atoms with Crippen LogP contribution in [0.15, 0.2) is 0 Å². The normalized spacial score (nSPS) is 52.2. The van der Waals surface area contributed by atoms with E-state index in [4.69, 9.17) is 4.74 Å². The minimum atomic E-state index is -1.23. The van der Waals surface area contributed by atoms with E-state index in [0.29, 0.717) is 23.9 Å². The molecule has 2 aliphatic heterocycles. The number of hydrogen-bond donors (Lipinski definition) is 6. The summed E-state index contributed by atoms with van der Waals surface area (Å²) < 4.78 is 5.36.